The minimum absolute atomic E-state index is 0.159. The summed E-state index contributed by atoms with van der Waals surface area (Å²) >= 11 is 0. The first kappa shape index (κ1) is 28.1. The number of piperidine rings is 2. The molecule has 0 N–H and O–H groups in total. The number of para-hydroxylation sites is 1. The van der Waals surface area contributed by atoms with Gasteiger partial charge < -0.3 is 19.3 Å². The molecule has 1 saturated carbocycles. The number of rotatable bonds is 3. The van der Waals surface area contributed by atoms with Gasteiger partial charge in [-0.25, -0.2) is 4.79 Å². The van der Waals surface area contributed by atoms with E-state index in [1.165, 1.54) is 11.3 Å². The average Bonchev–Trinajstić information content (AvgIpc) is 3.50. The lowest BCUT2D eigenvalue weighted by molar-refractivity contribution is -0.136. The number of carbonyl (C=O) groups excluding carboxylic acids is 2. The van der Waals surface area contributed by atoms with Crippen LogP contribution in [0.15, 0.2) is 24.3 Å². The zero-order valence-electron chi connectivity index (χ0n) is 25.8. The molecule has 41 heavy (non-hydrogen) atoms. The van der Waals surface area contributed by atoms with Gasteiger partial charge in [0.2, 0.25) is 5.91 Å². The number of hydrogen-bond acceptors (Lipinski definition) is 5. The Labute approximate surface area is 244 Å². The molecule has 2 aromatic rings. The highest BCUT2D eigenvalue weighted by molar-refractivity contribution is 5.82. The van der Waals surface area contributed by atoms with Crippen LogP contribution in [0.1, 0.15) is 97.9 Å². The van der Waals surface area contributed by atoms with E-state index in [1.54, 1.807) is 0 Å². The van der Waals surface area contributed by atoms with Crippen LogP contribution in [0.4, 0.5) is 4.79 Å². The molecule has 0 radical (unpaired) electrons. The molecule has 1 aromatic carbocycles. The molecule has 6 rings (SSSR count). The van der Waals surface area contributed by atoms with Gasteiger partial charge in [0.15, 0.2) is 0 Å². The van der Waals surface area contributed by atoms with Crippen LogP contribution in [0.5, 0.6) is 5.75 Å². The summed E-state index contributed by atoms with van der Waals surface area (Å²) in [6.45, 7) is 16.4. The second kappa shape index (κ2) is 9.77. The van der Waals surface area contributed by atoms with Crippen LogP contribution >= 0.6 is 0 Å². The lowest BCUT2D eigenvalue weighted by atomic mass is 9.78. The number of hydrogen-bond donors (Lipinski definition) is 0. The molecular formula is C33H46N4O4. The smallest absolute Gasteiger partial charge is 0.410 e. The molecule has 1 unspecified atom stereocenters. The van der Waals surface area contributed by atoms with Crippen LogP contribution in [0.3, 0.4) is 0 Å². The standard InChI is InChI=1S/C33H46N4O4/c1-8-25-27-28(34-37(25)22-13-16-36(32(6,7)20-22)30(39)41-31(3,4)5)23-11-9-10-12-26(23)40-33(27)14-17-35(18-15-33)29(38)24-19-21(24)2/h9-12,21-22,24H,8,13-20H2,1-7H3/t21-,22?,24-/m0/s1. The molecule has 0 bridgehead atoms. The van der Waals surface area contributed by atoms with E-state index in [-0.39, 0.29) is 23.6 Å². The maximum atomic E-state index is 13.1. The van der Waals surface area contributed by atoms with Gasteiger partial charge in [-0.1, -0.05) is 26.0 Å². The van der Waals surface area contributed by atoms with Crippen LogP contribution < -0.4 is 4.74 Å². The van der Waals surface area contributed by atoms with Gasteiger partial charge in [-0.2, -0.15) is 5.10 Å². The first-order chi connectivity index (χ1) is 19.3. The van der Waals surface area contributed by atoms with Crippen LogP contribution in [0.25, 0.3) is 11.3 Å². The highest BCUT2D eigenvalue weighted by atomic mass is 16.6. The molecule has 3 aliphatic heterocycles. The van der Waals surface area contributed by atoms with Crippen LogP contribution in [0.2, 0.25) is 0 Å². The third-order valence-electron chi connectivity index (χ3n) is 9.67. The molecule has 1 aromatic heterocycles. The normalized spacial score (nSPS) is 26.2. The fourth-order valence-electron chi connectivity index (χ4n) is 7.37. The van der Waals surface area contributed by atoms with Crippen molar-refractivity contribution in [3.8, 4) is 17.0 Å². The SMILES string of the molecule is CCc1c2c(nn1C1CCN(C(=O)OC(C)(C)C)C(C)(C)C1)-c1ccccc1OC21CCN(C(=O)[C@H]2C[C@@H]2C)CC1. The summed E-state index contributed by atoms with van der Waals surface area (Å²) in [5.41, 5.74) is 3.09. The van der Waals surface area contributed by atoms with Crippen molar-refractivity contribution in [1.29, 1.82) is 0 Å². The number of carbonyl (C=O) groups is 2. The Balaban J connectivity index is 1.33. The van der Waals surface area contributed by atoms with E-state index in [2.05, 4.69) is 55.5 Å². The largest absolute Gasteiger partial charge is 0.482 e. The zero-order valence-corrected chi connectivity index (χ0v) is 25.8. The third kappa shape index (κ3) is 4.91. The zero-order chi connectivity index (χ0) is 29.3. The molecular weight excluding hydrogens is 516 g/mol. The number of aromatic nitrogens is 2. The van der Waals surface area contributed by atoms with Crippen LogP contribution in [-0.4, -0.2) is 62.4 Å². The predicted molar refractivity (Wildman–Crippen MR) is 158 cm³/mol. The Morgan fingerprint density at radius 2 is 1.80 bits per heavy atom. The summed E-state index contributed by atoms with van der Waals surface area (Å²) in [5.74, 6) is 1.91. The molecule has 8 heteroatoms. The monoisotopic (exact) mass is 562 g/mol. The summed E-state index contributed by atoms with van der Waals surface area (Å²) in [6, 6.07) is 8.40. The lowest BCUT2D eigenvalue weighted by Gasteiger charge is -2.46. The van der Waals surface area contributed by atoms with Crippen LogP contribution in [-0.2, 0) is 21.6 Å². The van der Waals surface area contributed by atoms with Crippen molar-refractivity contribution in [2.75, 3.05) is 19.6 Å². The molecule has 3 fully saturated rings. The van der Waals surface area contributed by atoms with E-state index in [9.17, 15) is 9.59 Å². The van der Waals surface area contributed by atoms with Crippen molar-refractivity contribution >= 4 is 12.0 Å². The van der Waals surface area contributed by atoms with Crippen molar-refractivity contribution in [1.82, 2.24) is 19.6 Å². The average molecular weight is 563 g/mol. The molecule has 222 valence electrons. The van der Waals surface area contributed by atoms with E-state index in [4.69, 9.17) is 14.6 Å². The molecule has 1 aliphatic carbocycles. The highest BCUT2D eigenvalue weighted by Gasteiger charge is 2.50. The third-order valence-corrected chi connectivity index (χ3v) is 9.67. The number of fused-ring (bicyclic) bond motifs is 4. The van der Waals surface area contributed by atoms with Crippen molar-refractivity contribution < 1.29 is 19.1 Å². The summed E-state index contributed by atoms with van der Waals surface area (Å²) in [5, 5.41) is 5.35. The van der Waals surface area contributed by atoms with Gasteiger partial charge in [-0.3, -0.25) is 9.48 Å². The molecule has 3 atom stereocenters. The first-order valence-electron chi connectivity index (χ1n) is 15.5. The molecule has 2 saturated heterocycles. The maximum Gasteiger partial charge on any atom is 0.410 e. The maximum absolute atomic E-state index is 13.1. The van der Waals surface area contributed by atoms with Gasteiger partial charge in [0.1, 0.15) is 22.6 Å². The summed E-state index contributed by atoms with van der Waals surface area (Å²) in [6.07, 6.45) is 4.74. The second-order valence-corrected chi connectivity index (χ2v) is 14.3. The minimum Gasteiger partial charge on any atom is -0.482 e. The molecule has 4 aliphatic rings. The second-order valence-electron chi connectivity index (χ2n) is 14.3. The van der Waals surface area contributed by atoms with Gasteiger partial charge in [-0.05, 0) is 78.4 Å². The molecule has 2 amide bonds. The van der Waals surface area contributed by atoms with E-state index in [0.717, 1.165) is 55.5 Å². The topological polar surface area (TPSA) is 76.9 Å². The number of nitrogens with zero attached hydrogens (tertiary/aromatic N) is 4. The first-order valence-corrected chi connectivity index (χ1v) is 15.5. The quantitative estimate of drug-likeness (QED) is 0.437. The summed E-state index contributed by atoms with van der Waals surface area (Å²) in [7, 11) is 0. The summed E-state index contributed by atoms with van der Waals surface area (Å²) < 4.78 is 14.9. The highest BCUT2D eigenvalue weighted by Crippen LogP contribution is 2.52. The Morgan fingerprint density at radius 1 is 1.12 bits per heavy atom. The van der Waals surface area contributed by atoms with E-state index >= 15 is 0 Å². The van der Waals surface area contributed by atoms with E-state index in [1.807, 2.05) is 31.7 Å². The number of ether oxygens (including phenoxy) is 2. The molecule has 8 nitrogen and oxygen atoms in total. The molecule has 4 heterocycles. The van der Waals surface area contributed by atoms with Crippen molar-refractivity contribution in [2.24, 2.45) is 11.8 Å². The Kier molecular flexibility index (Phi) is 6.70. The summed E-state index contributed by atoms with van der Waals surface area (Å²) in [4.78, 5) is 30.1. The van der Waals surface area contributed by atoms with Gasteiger partial charge in [0, 0.05) is 60.8 Å². The number of amides is 2. The molecule has 1 spiro atoms. The Hall–Kier alpha value is -3.03. The van der Waals surface area contributed by atoms with Crippen molar-refractivity contribution in [2.45, 2.75) is 110 Å². The van der Waals surface area contributed by atoms with Gasteiger partial charge in [-0.15, -0.1) is 0 Å². The van der Waals surface area contributed by atoms with E-state index < -0.39 is 11.2 Å². The predicted octanol–water partition coefficient (Wildman–Crippen LogP) is 6.33. The number of likely N-dealkylation sites (tertiary alicyclic amines) is 2. The fourth-order valence-corrected chi connectivity index (χ4v) is 7.37. The Morgan fingerprint density at radius 3 is 2.41 bits per heavy atom. The van der Waals surface area contributed by atoms with Gasteiger partial charge >= 0.3 is 6.09 Å². The fraction of sp³-hybridized carbons (Fsp3) is 0.667. The number of benzene rings is 1. The minimum atomic E-state index is -0.529. The Bertz CT molecular complexity index is 1350. The van der Waals surface area contributed by atoms with E-state index in [0.29, 0.717) is 31.5 Å². The van der Waals surface area contributed by atoms with Gasteiger partial charge in [0.05, 0.1) is 6.04 Å². The van der Waals surface area contributed by atoms with Crippen molar-refractivity contribution in [3.63, 3.8) is 0 Å². The van der Waals surface area contributed by atoms with Gasteiger partial charge in [0.25, 0.3) is 0 Å². The van der Waals surface area contributed by atoms with Crippen molar-refractivity contribution in [3.05, 3.63) is 35.5 Å². The van der Waals surface area contributed by atoms with Crippen LogP contribution in [0, 0.1) is 11.8 Å². The lowest BCUT2D eigenvalue weighted by Crippen LogP contribution is -2.54.